The first-order valence-corrected chi connectivity index (χ1v) is 4.66. The van der Waals surface area contributed by atoms with Crippen molar-refractivity contribution in [3.8, 4) is 5.88 Å². The van der Waals surface area contributed by atoms with Gasteiger partial charge in [-0.25, -0.2) is 4.98 Å². The highest BCUT2D eigenvalue weighted by atomic mass is 16.7. The largest absolute Gasteiger partial charge is 0.481 e. The first kappa shape index (κ1) is 12.4. The van der Waals surface area contributed by atoms with Crippen molar-refractivity contribution < 1.29 is 19.0 Å². The van der Waals surface area contributed by atoms with E-state index in [1.807, 2.05) is 0 Å². The first-order chi connectivity index (χ1) is 7.56. The topological polar surface area (TPSA) is 70.5 Å². The highest BCUT2D eigenvalue weighted by molar-refractivity contribution is 5.66. The number of ether oxygens (including phenoxy) is 3. The molecule has 88 valence electrons. The molecule has 1 heterocycles. The minimum Gasteiger partial charge on any atom is -0.481 e. The van der Waals surface area contributed by atoms with E-state index >= 15 is 0 Å². The fraction of sp³-hybridized carbons (Fsp3) is 0.500. The lowest BCUT2D eigenvalue weighted by atomic mass is 10.4. The Hall–Kier alpha value is -1.69. The Morgan fingerprint density at radius 3 is 2.56 bits per heavy atom. The van der Waals surface area contributed by atoms with E-state index in [1.54, 1.807) is 13.0 Å². The van der Waals surface area contributed by atoms with E-state index in [2.05, 4.69) is 9.97 Å². The minimum atomic E-state index is -0.911. The predicted octanol–water partition coefficient (Wildman–Crippen LogP) is 1.00. The minimum absolute atomic E-state index is 0.259. The molecule has 0 saturated heterocycles. The number of nitrogens with zero attached hydrogens (tertiary/aromatic N) is 2. The molecule has 1 atom stereocenters. The molecule has 6 heteroatoms. The zero-order valence-corrected chi connectivity index (χ0v) is 9.68. The third-order valence-corrected chi connectivity index (χ3v) is 1.76. The smallest absolute Gasteiger partial charge is 0.305 e. The van der Waals surface area contributed by atoms with Gasteiger partial charge in [0.25, 0.3) is 6.29 Å². The quantitative estimate of drug-likeness (QED) is 0.563. The van der Waals surface area contributed by atoms with Crippen LogP contribution < -0.4 is 4.74 Å². The summed E-state index contributed by atoms with van der Waals surface area (Å²) in [5.74, 6) is 0.196. The number of hydrogen-bond donors (Lipinski definition) is 0. The zero-order chi connectivity index (χ0) is 12.1. The summed E-state index contributed by atoms with van der Waals surface area (Å²) in [6, 6.07) is 1.67. The molecule has 1 aromatic rings. The number of methoxy groups -OCH3 is 2. The van der Waals surface area contributed by atoms with Crippen LogP contribution in [0.2, 0.25) is 0 Å². The molecule has 1 rings (SSSR count). The fourth-order valence-electron chi connectivity index (χ4n) is 1.13. The average Bonchev–Trinajstić information content (AvgIpc) is 2.24. The molecule has 1 aromatic heterocycles. The molecule has 0 spiro atoms. The second-order valence-electron chi connectivity index (χ2n) is 3.09. The van der Waals surface area contributed by atoms with E-state index in [9.17, 15) is 4.79 Å². The van der Waals surface area contributed by atoms with Crippen LogP contribution in [0.4, 0.5) is 0 Å². The van der Waals surface area contributed by atoms with E-state index in [4.69, 9.17) is 14.2 Å². The van der Waals surface area contributed by atoms with E-state index in [1.165, 1.54) is 21.1 Å². The van der Waals surface area contributed by atoms with Gasteiger partial charge < -0.3 is 14.2 Å². The van der Waals surface area contributed by atoms with Gasteiger partial charge >= 0.3 is 5.97 Å². The summed E-state index contributed by atoms with van der Waals surface area (Å²) in [6.45, 7) is 3.08. The molecule has 0 N–H and O–H groups in total. The summed E-state index contributed by atoms with van der Waals surface area (Å²) >= 11 is 0. The van der Waals surface area contributed by atoms with Gasteiger partial charge in [-0.2, -0.15) is 4.98 Å². The van der Waals surface area contributed by atoms with Crippen molar-refractivity contribution in [2.24, 2.45) is 0 Å². The van der Waals surface area contributed by atoms with E-state index < -0.39 is 12.3 Å². The van der Waals surface area contributed by atoms with Gasteiger partial charge in [-0.1, -0.05) is 0 Å². The maximum atomic E-state index is 10.8. The molecule has 16 heavy (non-hydrogen) atoms. The summed E-state index contributed by atoms with van der Waals surface area (Å²) < 4.78 is 14.9. The van der Waals surface area contributed by atoms with Gasteiger partial charge in [0.1, 0.15) is 0 Å². The van der Waals surface area contributed by atoms with E-state index in [0.29, 0.717) is 11.6 Å². The molecule has 0 saturated carbocycles. The second kappa shape index (κ2) is 5.41. The Labute approximate surface area is 93.6 Å². The third-order valence-electron chi connectivity index (χ3n) is 1.76. The van der Waals surface area contributed by atoms with Gasteiger partial charge in [-0.3, -0.25) is 4.79 Å². The van der Waals surface area contributed by atoms with E-state index in [-0.39, 0.29) is 5.82 Å². The molecule has 0 amide bonds. The van der Waals surface area contributed by atoms with Gasteiger partial charge in [-0.05, 0) is 6.92 Å². The molecule has 0 aliphatic carbocycles. The van der Waals surface area contributed by atoms with Crippen LogP contribution in [0.25, 0.3) is 0 Å². The van der Waals surface area contributed by atoms with Crippen LogP contribution in [0, 0.1) is 6.92 Å². The van der Waals surface area contributed by atoms with Crippen molar-refractivity contribution >= 4 is 5.97 Å². The molecular weight excluding hydrogens is 212 g/mol. The average molecular weight is 226 g/mol. The third kappa shape index (κ3) is 3.16. The Morgan fingerprint density at radius 1 is 1.38 bits per heavy atom. The normalized spacial score (nSPS) is 12.0. The van der Waals surface area contributed by atoms with E-state index in [0.717, 1.165) is 0 Å². The summed E-state index contributed by atoms with van der Waals surface area (Å²) in [4.78, 5) is 19.0. The van der Waals surface area contributed by atoms with Crippen LogP contribution in [0.15, 0.2) is 6.07 Å². The van der Waals surface area contributed by atoms with Crippen molar-refractivity contribution in [2.75, 3.05) is 14.2 Å². The van der Waals surface area contributed by atoms with Gasteiger partial charge in [0.15, 0.2) is 0 Å². The SMILES string of the molecule is COc1cc(C)nc(C(OC)OC(C)=O)n1. The monoisotopic (exact) mass is 226 g/mol. The lowest BCUT2D eigenvalue weighted by Crippen LogP contribution is -2.14. The lowest BCUT2D eigenvalue weighted by Gasteiger charge is -2.14. The van der Waals surface area contributed by atoms with Gasteiger partial charge in [0.05, 0.1) is 7.11 Å². The Kier molecular flexibility index (Phi) is 4.19. The van der Waals surface area contributed by atoms with Crippen molar-refractivity contribution in [1.29, 1.82) is 0 Å². The number of esters is 1. The summed E-state index contributed by atoms with van der Waals surface area (Å²) in [6.07, 6.45) is -0.911. The maximum Gasteiger partial charge on any atom is 0.305 e. The number of rotatable bonds is 4. The number of carbonyl (C=O) groups is 1. The summed E-state index contributed by atoms with van der Waals surface area (Å²) in [5.41, 5.74) is 0.705. The second-order valence-corrected chi connectivity index (χ2v) is 3.09. The summed E-state index contributed by atoms with van der Waals surface area (Å²) in [7, 11) is 2.91. The molecule has 1 unspecified atom stereocenters. The van der Waals surface area contributed by atoms with Crippen LogP contribution in [0.5, 0.6) is 5.88 Å². The van der Waals surface area contributed by atoms with Crippen molar-refractivity contribution in [3.05, 3.63) is 17.6 Å². The van der Waals surface area contributed by atoms with Gasteiger partial charge in [0, 0.05) is 25.8 Å². The fourth-order valence-corrected chi connectivity index (χ4v) is 1.13. The molecule has 0 aliphatic rings. The molecule has 0 aliphatic heterocycles. The van der Waals surface area contributed by atoms with Crippen LogP contribution in [0.3, 0.4) is 0 Å². The molecule has 0 aromatic carbocycles. The molecule has 0 fully saturated rings. The van der Waals surface area contributed by atoms with Crippen LogP contribution in [-0.2, 0) is 14.3 Å². The Balaban J connectivity index is 2.99. The highest BCUT2D eigenvalue weighted by Gasteiger charge is 2.18. The highest BCUT2D eigenvalue weighted by Crippen LogP contribution is 2.17. The Morgan fingerprint density at radius 2 is 2.06 bits per heavy atom. The summed E-state index contributed by atoms with van der Waals surface area (Å²) in [5, 5.41) is 0. The number of aromatic nitrogens is 2. The number of carbonyl (C=O) groups excluding carboxylic acids is 1. The van der Waals surface area contributed by atoms with Crippen molar-refractivity contribution in [2.45, 2.75) is 20.1 Å². The van der Waals surface area contributed by atoms with Crippen LogP contribution in [-0.4, -0.2) is 30.2 Å². The van der Waals surface area contributed by atoms with Crippen LogP contribution in [0.1, 0.15) is 24.7 Å². The lowest BCUT2D eigenvalue weighted by molar-refractivity contribution is -0.174. The molecule has 0 radical (unpaired) electrons. The number of aryl methyl sites for hydroxylation is 1. The zero-order valence-electron chi connectivity index (χ0n) is 9.68. The first-order valence-electron chi connectivity index (χ1n) is 4.66. The predicted molar refractivity (Wildman–Crippen MR) is 54.8 cm³/mol. The van der Waals surface area contributed by atoms with Gasteiger partial charge in [-0.15, -0.1) is 0 Å². The maximum absolute atomic E-state index is 10.8. The van der Waals surface area contributed by atoms with Crippen molar-refractivity contribution in [3.63, 3.8) is 0 Å². The van der Waals surface area contributed by atoms with Crippen LogP contribution >= 0.6 is 0 Å². The molecular formula is C10H14N2O4. The molecule has 0 bridgehead atoms. The standard InChI is InChI=1S/C10H14N2O4/c1-6-5-8(14-3)12-9(11-6)10(15-4)16-7(2)13/h5,10H,1-4H3. The van der Waals surface area contributed by atoms with Gasteiger partial charge in [0.2, 0.25) is 11.7 Å². The molecule has 6 nitrogen and oxygen atoms in total. The Bertz CT molecular complexity index is 381. The number of hydrogen-bond acceptors (Lipinski definition) is 6. The van der Waals surface area contributed by atoms with Crippen molar-refractivity contribution in [1.82, 2.24) is 9.97 Å².